The molecule has 1 aromatic heterocycles. The number of halogens is 2. The average Bonchev–Trinajstić information content (AvgIpc) is 2.82. The Labute approximate surface area is 129 Å². The Bertz CT molecular complexity index is 646. The first-order chi connectivity index (χ1) is 9.47. The first kappa shape index (κ1) is 15.2. The summed E-state index contributed by atoms with van der Waals surface area (Å²) in [5.74, 6) is -0.217. The van der Waals surface area contributed by atoms with Gasteiger partial charge in [0.05, 0.1) is 17.0 Å². The van der Waals surface area contributed by atoms with Crippen molar-refractivity contribution >= 4 is 40.9 Å². The second-order valence-electron chi connectivity index (χ2n) is 3.95. The molecule has 0 saturated heterocycles. The van der Waals surface area contributed by atoms with Crippen LogP contribution < -0.4 is 0 Å². The van der Waals surface area contributed by atoms with Crippen LogP contribution in [0.4, 0.5) is 0 Å². The van der Waals surface area contributed by atoms with Crippen molar-refractivity contribution in [3.8, 4) is 11.5 Å². The molecule has 0 atom stereocenters. The molecule has 0 aliphatic heterocycles. The molecular formula is C12H10Cl2N2O3S. The summed E-state index contributed by atoms with van der Waals surface area (Å²) < 4.78 is 5.45. The molecule has 2 rings (SSSR count). The number of aliphatic carboxylic acids is 1. The molecule has 106 valence electrons. The smallest absolute Gasteiger partial charge is 0.304 e. The zero-order chi connectivity index (χ0) is 14.7. The van der Waals surface area contributed by atoms with E-state index < -0.39 is 5.97 Å². The molecule has 0 aliphatic rings. The van der Waals surface area contributed by atoms with E-state index in [4.69, 9.17) is 32.7 Å². The normalized spacial score (nSPS) is 10.8. The molecule has 0 saturated carbocycles. The van der Waals surface area contributed by atoms with Gasteiger partial charge in [0.25, 0.3) is 5.22 Å². The maximum absolute atomic E-state index is 10.4. The van der Waals surface area contributed by atoms with Crippen molar-refractivity contribution in [2.24, 2.45) is 0 Å². The number of hydrogen-bond donors (Lipinski definition) is 1. The molecule has 0 radical (unpaired) electrons. The number of carboxylic acids is 1. The molecular weight excluding hydrogens is 323 g/mol. The number of thioether (sulfide) groups is 1. The lowest BCUT2D eigenvalue weighted by Crippen LogP contribution is -1.95. The molecule has 1 N–H and O–H groups in total. The van der Waals surface area contributed by atoms with Crippen LogP contribution >= 0.6 is 35.0 Å². The van der Waals surface area contributed by atoms with Gasteiger partial charge in [0, 0.05) is 10.8 Å². The van der Waals surface area contributed by atoms with Crippen molar-refractivity contribution < 1.29 is 14.3 Å². The van der Waals surface area contributed by atoms with Gasteiger partial charge in [-0.1, -0.05) is 35.0 Å². The minimum Gasteiger partial charge on any atom is -0.481 e. The summed E-state index contributed by atoms with van der Waals surface area (Å²) in [4.78, 5) is 10.4. The van der Waals surface area contributed by atoms with E-state index in [1.54, 1.807) is 12.1 Å². The summed E-state index contributed by atoms with van der Waals surface area (Å²) >= 11 is 13.2. The van der Waals surface area contributed by atoms with Gasteiger partial charge in [0.2, 0.25) is 5.89 Å². The highest BCUT2D eigenvalue weighted by atomic mass is 35.5. The van der Waals surface area contributed by atoms with E-state index in [0.717, 1.165) is 5.56 Å². The minimum absolute atomic E-state index is 0.0309. The second kappa shape index (κ2) is 6.47. The topological polar surface area (TPSA) is 76.2 Å². The Balaban J connectivity index is 2.16. The van der Waals surface area contributed by atoms with Crippen molar-refractivity contribution in [2.45, 2.75) is 18.6 Å². The highest BCUT2D eigenvalue weighted by Gasteiger charge is 2.14. The van der Waals surface area contributed by atoms with Crippen molar-refractivity contribution in [1.29, 1.82) is 0 Å². The number of aryl methyl sites for hydroxylation is 1. The highest BCUT2D eigenvalue weighted by Crippen LogP contribution is 2.33. The van der Waals surface area contributed by atoms with Crippen LogP contribution in [0, 0.1) is 6.92 Å². The monoisotopic (exact) mass is 332 g/mol. The lowest BCUT2D eigenvalue weighted by atomic mass is 10.1. The van der Waals surface area contributed by atoms with Gasteiger partial charge in [-0.25, -0.2) is 0 Å². The van der Waals surface area contributed by atoms with Gasteiger partial charge in [0.15, 0.2) is 0 Å². The summed E-state index contributed by atoms with van der Waals surface area (Å²) in [7, 11) is 0. The summed E-state index contributed by atoms with van der Waals surface area (Å²) in [5.41, 5.74) is 1.45. The fourth-order valence-corrected chi connectivity index (χ4v) is 2.58. The lowest BCUT2D eigenvalue weighted by Gasteiger charge is -2.03. The molecule has 0 spiro atoms. The molecule has 0 unspecified atom stereocenters. The zero-order valence-electron chi connectivity index (χ0n) is 10.4. The fraction of sp³-hybridized carbons (Fsp3) is 0.250. The number of rotatable bonds is 5. The van der Waals surface area contributed by atoms with E-state index in [0.29, 0.717) is 26.6 Å². The van der Waals surface area contributed by atoms with E-state index in [1.807, 2.05) is 6.92 Å². The second-order valence-corrected chi connectivity index (χ2v) is 5.81. The predicted octanol–water partition coefficient (Wildman–Crippen LogP) is 3.92. The molecule has 0 fully saturated rings. The molecule has 8 heteroatoms. The SMILES string of the molecule is Cc1cc(-c2nnc(SCCC(=O)O)o2)c(Cl)cc1Cl. The number of nitrogens with zero attached hydrogens (tertiary/aromatic N) is 2. The zero-order valence-corrected chi connectivity index (χ0v) is 12.7. The predicted molar refractivity (Wildman–Crippen MR) is 77.5 cm³/mol. The summed E-state index contributed by atoms with van der Waals surface area (Å²) in [5, 5.41) is 17.6. The summed E-state index contributed by atoms with van der Waals surface area (Å²) in [6.07, 6.45) is 0.0309. The van der Waals surface area contributed by atoms with Crippen LogP contribution in [0.2, 0.25) is 10.0 Å². The third-order valence-corrected chi connectivity index (χ3v) is 3.97. The Morgan fingerprint density at radius 1 is 1.35 bits per heavy atom. The van der Waals surface area contributed by atoms with Crippen LogP contribution in [0.3, 0.4) is 0 Å². The largest absolute Gasteiger partial charge is 0.481 e. The maximum Gasteiger partial charge on any atom is 0.304 e. The van der Waals surface area contributed by atoms with Crippen LogP contribution in [-0.4, -0.2) is 27.0 Å². The minimum atomic E-state index is -0.867. The molecule has 0 bridgehead atoms. The molecule has 1 heterocycles. The van der Waals surface area contributed by atoms with E-state index in [-0.39, 0.29) is 12.3 Å². The molecule has 0 aliphatic carbocycles. The summed E-state index contributed by atoms with van der Waals surface area (Å²) in [6.45, 7) is 1.85. The molecule has 20 heavy (non-hydrogen) atoms. The van der Waals surface area contributed by atoms with Gasteiger partial charge in [-0.15, -0.1) is 10.2 Å². The molecule has 5 nitrogen and oxygen atoms in total. The average molecular weight is 333 g/mol. The van der Waals surface area contributed by atoms with Gasteiger partial charge in [-0.3, -0.25) is 4.79 Å². The first-order valence-electron chi connectivity index (χ1n) is 5.61. The highest BCUT2D eigenvalue weighted by molar-refractivity contribution is 7.99. The third-order valence-electron chi connectivity index (χ3n) is 2.43. The van der Waals surface area contributed by atoms with Crippen LogP contribution in [0.25, 0.3) is 11.5 Å². The molecule has 1 aromatic carbocycles. The Hall–Kier alpha value is -1.24. The Kier molecular flexibility index (Phi) is 4.91. The Morgan fingerprint density at radius 3 is 2.80 bits per heavy atom. The number of carboxylic acid groups (broad SMARTS) is 1. The fourth-order valence-electron chi connectivity index (χ4n) is 1.42. The van der Waals surface area contributed by atoms with Gasteiger partial charge < -0.3 is 9.52 Å². The number of hydrogen-bond acceptors (Lipinski definition) is 5. The van der Waals surface area contributed by atoms with Crippen molar-refractivity contribution in [1.82, 2.24) is 10.2 Å². The van der Waals surface area contributed by atoms with Gasteiger partial charge in [-0.2, -0.15) is 0 Å². The quantitative estimate of drug-likeness (QED) is 0.836. The van der Waals surface area contributed by atoms with E-state index in [9.17, 15) is 4.79 Å². The number of aromatic nitrogens is 2. The van der Waals surface area contributed by atoms with Crippen LogP contribution in [-0.2, 0) is 4.79 Å². The van der Waals surface area contributed by atoms with Crippen LogP contribution in [0.5, 0.6) is 0 Å². The van der Waals surface area contributed by atoms with E-state index >= 15 is 0 Å². The number of benzene rings is 1. The third kappa shape index (κ3) is 3.65. The van der Waals surface area contributed by atoms with Gasteiger partial charge in [-0.05, 0) is 24.6 Å². The van der Waals surface area contributed by atoms with Gasteiger partial charge >= 0.3 is 5.97 Å². The maximum atomic E-state index is 10.4. The molecule has 2 aromatic rings. The lowest BCUT2D eigenvalue weighted by molar-refractivity contribution is -0.136. The van der Waals surface area contributed by atoms with Crippen molar-refractivity contribution in [2.75, 3.05) is 5.75 Å². The number of carbonyl (C=O) groups is 1. The Morgan fingerprint density at radius 2 is 2.10 bits per heavy atom. The van der Waals surface area contributed by atoms with Gasteiger partial charge in [0.1, 0.15) is 0 Å². The van der Waals surface area contributed by atoms with Crippen molar-refractivity contribution in [3.63, 3.8) is 0 Å². The first-order valence-corrected chi connectivity index (χ1v) is 7.35. The van der Waals surface area contributed by atoms with E-state index in [1.165, 1.54) is 11.8 Å². The summed E-state index contributed by atoms with van der Waals surface area (Å²) in [6, 6.07) is 3.39. The van der Waals surface area contributed by atoms with Crippen LogP contribution in [0.15, 0.2) is 21.8 Å². The standard InChI is InChI=1S/C12H10Cl2N2O3S/c1-6-4-7(9(14)5-8(6)13)11-15-16-12(19-11)20-3-2-10(17)18/h4-5H,2-3H2,1H3,(H,17,18). The van der Waals surface area contributed by atoms with E-state index in [2.05, 4.69) is 10.2 Å². The van der Waals surface area contributed by atoms with Crippen molar-refractivity contribution in [3.05, 3.63) is 27.7 Å². The molecule has 0 amide bonds. The van der Waals surface area contributed by atoms with Crippen LogP contribution in [0.1, 0.15) is 12.0 Å².